The van der Waals surface area contributed by atoms with Crippen LogP contribution in [0.2, 0.25) is 0 Å². The lowest BCUT2D eigenvalue weighted by Crippen LogP contribution is -2.19. The van der Waals surface area contributed by atoms with E-state index in [0.717, 1.165) is 28.2 Å². The molecular weight excluding hydrogens is 483 g/mol. The molecule has 0 saturated carbocycles. The number of aryl methyl sites for hydroxylation is 2. The van der Waals surface area contributed by atoms with Gasteiger partial charge in [0.15, 0.2) is 0 Å². The third-order valence-corrected chi connectivity index (χ3v) is 6.72. The molecule has 1 N–H and O–H groups in total. The SMILES string of the molecule is COc1cc(-c2cc3nc(C(C)(C)C)n(-c4cc(NC(C)C)c5c(c4)n(C)c(=O)n5C)c3cc2F)ccn1. The summed E-state index contributed by atoms with van der Waals surface area (Å²) in [6.07, 6.45) is 1.60. The molecule has 198 valence electrons. The van der Waals surface area contributed by atoms with E-state index in [0.29, 0.717) is 28.0 Å². The van der Waals surface area contributed by atoms with Crippen LogP contribution < -0.4 is 15.7 Å². The number of nitrogens with zero attached hydrogens (tertiary/aromatic N) is 5. The molecule has 0 bridgehead atoms. The van der Waals surface area contributed by atoms with Crippen molar-refractivity contribution in [3.63, 3.8) is 0 Å². The summed E-state index contributed by atoms with van der Waals surface area (Å²) in [5.41, 5.74) is 5.16. The Morgan fingerprint density at radius 1 is 1.03 bits per heavy atom. The third kappa shape index (κ3) is 4.12. The predicted molar refractivity (Wildman–Crippen MR) is 150 cm³/mol. The normalized spacial score (nSPS) is 12.2. The second-order valence-corrected chi connectivity index (χ2v) is 11.0. The Bertz CT molecular complexity index is 1750. The molecule has 0 spiro atoms. The topological polar surface area (TPSA) is 78.9 Å². The van der Waals surface area contributed by atoms with Crippen molar-refractivity contribution in [3.05, 3.63) is 64.7 Å². The van der Waals surface area contributed by atoms with Gasteiger partial charge in [0, 0.05) is 49.4 Å². The number of anilines is 1. The highest BCUT2D eigenvalue weighted by Gasteiger charge is 2.26. The second kappa shape index (κ2) is 9.01. The molecule has 0 fully saturated rings. The number of methoxy groups -OCH3 is 1. The molecule has 0 atom stereocenters. The Balaban J connectivity index is 1.83. The summed E-state index contributed by atoms with van der Waals surface area (Å²) in [5, 5.41) is 3.49. The molecule has 0 aliphatic carbocycles. The van der Waals surface area contributed by atoms with E-state index < -0.39 is 0 Å². The fourth-order valence-electron chi connectivity index (χ4n) is 4.96. The molecule has 0 aliphatic heterocycles. The Kier molecular flexibility index (Phi) is 6.04. The van der Waals surface area contributed by atoms with Gasteiger partial charge in [-0.2, -0.15) is 0 Å². The third-order valence-electron chi connectivity index (χ3n) is 6.72. The molecule has 0 aliphatic rings. The second-order valence-electron chi connectivity index (χ2n) is 11.0. The fourth-order valence-corrected chi connectivity index (χ4v) is 4.96. The first-order valence-corrected chi connectivity index (χ1v) is 12.6. The van der Waals surface area contributed by atoms with Crippen LogP contribution in [0.4, 0.5) is 10.1 Å². The maximum Gasteiger partial charge on any atom is 0.328 e. The van der Waals surface area contributed by atoms with Crippen molar-refractivity contribution >= 4 is 27.8 Å². The number of aromatic nitrogens is 5. The molecule has 3 heterocycles. The first-order chi connectivity index (χ1) is 17.9. The number of fused-ring (bicyclic) bond motifs is 2. The van der Waals surface area contributed by atoms with Crippen molar-refractivity contribution in [1.82, 2.24) is 23.7 Å². The smallest absolute Gasteiger partial charge is 0.328 e. The highest BCUT2D eigenvalue weighted by molar-refractivity contribution is 5.93. The van der Waals surface area contributed by atoms with Gasteiger partial charge in [-0.3, -0.25) is 13.7 Å². The molecule has 8 nitrogen and oxygen atoms in total. The lowest BCUT2D eigenvalue weighted by atomic mass is 9.95. The summed E-state index contributed by atoms with van der Waals surface area (Å²) in [7, 11) is 5.07. The number of imidazole rings is 2. The molecule has 9 heteroatoms. The number of pyridine rings is 1. The van der Waals surface area contributed by atoms with Gasteiger partial charge in [0.05, 0.1) is 40.6 Å². The highest BCUT2D eigenvalue weighted by Crippen LogP contribution is 2.36. The molecule has 0 unspecified atom stereocenters. The number of nitrogens with one attached hydrogen (secondary N) is 1. The zero-order chi connectivity index (χ0) is 27.5. The van der Waals surface area contributed by atoms with Crippen LogP contribution in [0.25, 0.3) is 38.9 Å². The summed E-state index contributed by atoms with van der Waals surface area (Å²) >= 11 is 0. The fraction of sp³-hybridized carbons (Fsp3) is 0.345. The zero-order valence-electron chi connectivity index (χ0n) is 23.0. The van der Waals surface area contributed by atoms with Gasteiger partial charge in [-0.1, -0.05) is 20.8 Å². The van der Waals surface area contributed by atoms with Crippen LogP contribution in [0.15, 0.2) is 47.4 Å². The first-order valence-electron chi connectivity index (χ1n) is 12.6. The number of halogens is 1. The van der Waals surface area contributed by atoms with Crippen LogP contribution in [0.3, 0.4) is 0 Å². The Morgan fingerprint density at radius 2 is 1.76 bits per heavy atom. The van der Waals surface area contributed by atoms with Crippen LogP contribution in [0, 0.1) is 5.82 Å². The van der Waals surface area contributed by atoms with Crippen molar-refractivity contribution < 1.29 is 9.13 Å². The van der Waals surface area contributed by atoms with Crippen molar-refractivity contribution in [2.24, 2.45) is 14.1 Å². The van der Waals surface area contributed by atoms with Crippen LogP contribution in [-0.2, 0) is 19.5 Å². The standard InChI is InChI=1S/C29H33FN6O2/c1-16(2)32-22-12-18(13-24-26(22)35(7)28(37)34(24)6)36-23-15-20(30)19(17-9-10-31-25(11-17)38-8)14-21(23)33-27(36)29(3,4)5/h9-16,32H,1-8H3. The maximum absolute atomic E-state index is 15.7. The van der Waals surface area contributed by atoms with Gasteiger partial charge in [0.2, 0.25) is 5.88 Å². The molecule has 0 radical (unpaired) electrons. The quantitative estimate of drug-likeness (QED) is 0.332. The average Bonchev–Trinajstić information content (AvgIpc) is 3.34. The zero-order valence-corrected chi connectivity index (χ0v) is 23.0. The van der Waals surface area contributed by atoms with Crippen molar-refractivity contribution in [3.8, 4) is 22.7 Å². The van der Waals surface area contributed by atoms with Gasteiger partial charge in [0.25, 0.3) is 0 Å². The van der Waals surface area contributed by atoms with Crippen LogP contribution >= 0.6 is 0 Å². The first kappa shape index (κ1) is 25.5. The van der Waals surface area contributed by atoms with E-state index >= 15 is 4.39 Å². The molecule has 5 aromatic rings. The van der Waals surface area contributed by atoms with Gasteiger partial charge >= 0.3 is 5.69 Å². The van der Waals surface area contributed by atoms with Crippen LogP contribution in [0.1, 0.15) is 40.4 Å². The summed E-state index contributed by atoms with van der Waals surface area (Å²) in [5.74, 6) is 0.822. The van der Waals surface area contributed by atoms with Crippen LogP contribution in [-0.4, -0.2) is 36.8 Å². The minimum Gasteiger partial charge on any atom is -0.481 e. The lowest BCUT2D eigenvalue weighted by molar-refractivity contribution is 0.398. The summed E-state index contributed by atoms with van der Waals surface area (Å²) in [4.78, 5) is 22.0. The van der Waals surface area contributed by atoms with Crippen molar-refractivity contribution in [2.75, 3.05) is 12.4 Å². The number of ether oxygens (including phenoxy) is 1. The molecule has 0 amide bonds. The molecule has 3 aromatic heterocycles. The number of hydrogen-bond donors (Lipinski definition) is 1. The predicted octanol–water partition coefficient (Wildman–Crippen LogP) is 5.54. The Hall–Kier alpha value is -4.14. The number of hydrogen-bond acceptors (Lipinski definition) is 5. The minimum absolute atomic E-state index is 0.112. The molecular formula is C29H33FN6O2. The molecule has 2 aromatic carbocycles. The van der Waals surface area contributed by atoms with Gasteiger partial charge in [-0.05, 0) is 43.7 Å². The van der Waals surface area contributed by atoms with Crippen LogP contribution in [0.5, 0.6) is 5.88 Å². The van der Waals surface area contributed by atoms with E-state index in [1.54, 1.807) is 47.6 Å². The number of benzene rings is 2. The largest absolute Gasteiger partial charge is 0.481 e. The highest BCUT2D eigenvalue weighted by atomic mass is 19.1. The Labute approximate surface area is 220 Å². The van der Waals surface area contributed by atoms with E-state index in [1.165, 1.54) is 13.2 Å². The summed E-state index contributed by atoms with van der Waals surface area (Å²) in [6.45, 7) is 10.4. The summed E-state index contributed by atoms with van der Waals surface area (Å²) in [6, 6.07) is 10.9. The monoisotopic (exact) mass is 516 g/mol. The maximum atomic E-state index is 15.7. The Morgan fingerprint density at radius 3 is 2.42 bits per heavy atom. The van der Waals surface area contributed by atoms with E-state index in [4.69, 9.17) is 9.72 Å². The van der Waals surface area contributed by atoms with Crippen molar-refractivity contribution in [1.29, 1.82) is 0 Å². The average molecular weight is 517 g/mol. The number of rotatable bonds is 5. The molecule has 5 rings (SSSR count). The van der Waals surface area contributed by atoms with E-state index in [-0.39, 0.29) is 23.0 Å². The lowest BCUT2D eigenvalue weighted by Gasteiger charge is -2.22. The van der Waals surface area contributed by atoms with Gasteiger partial charge in [-0.15, -0.1) is 0 Å². The van der Waals surface area contributed by atoms with Gasteiger partial charge in [0.1, 0.15) is 11.6 Å². The van der Waals surface area contributed by atoms with E-state index in [2.05, 4.69) is 44.9 Å². The molecule has 0 saturated heterocycles. The minimum atomic E-state index is -0.374. The van der Waals surface area contributed by atoms with Crippen molar-refractivity contribution in [2.45, 2.75) is 46.1 Å². The van der Waals surface area contributed by atoms with Gasteiger partial charge in [-0.25, -0.2) is 19.2 Å². The molecule has 38 heavy (non-hydrogen) atoms. The van der Waals surface area contributed by atoms with E-state index in [1.807, 2.05) is 16.7 Å². The van der Waals surface area contributed by atoms with E-state index in [9.17, 15) is 4.79 Å². The van der Waals surface area contributed by atoms with Gasteiger partial charge < -0.3 is 10.1 Å². The summed E-state index contributed by atoms with van der Waals surface area (Å²) < 4.78 is 26.2.